The van der Waals surface area contributed by atoms with Gasteiger partial charge in [0.2, 0.25) is 5.91 Å². The zero-order valence-electron chi connectivity index (χ0n) is 22.6. The summed E-state index contributed by atoms with van der Waals surface area (Å²) in [7, 11) is 0. The number of rotatable bonds is 19. The number of phenolic OH excluding ortho intramolecular Hbond substituents is 1. The van der Waals surface area contributed by atoms with Crippen LogP contribution in [0.4, 0.5) is 0 Å². The zero-order chi connectivity index (χ0) is 26.9. The van der Waals surface area contributed by atoms with E-state index in [-0.39, 0.29) is 11.7 Å². The third-order valence-corrected chi connectivity index (χ3v) is 7.06. The van der Waals surface area contributed by atoms with E-state index in [4.69, 9.17) is 30.1 Å². The number of hydrogen-bond acceptors (Lipinski definition) is 8. The number of terminal acetylenes is 1. The Labute approximate surface area is 227 Å². The quantitative estimate of drug-likeness (QED) is 0.215. The van der Waals surface area contributed by atoms with Crippen molar-refractivity contribution in [3.05, 3.63) is 24.3 Å². The average Bonchev–Trinajstić information content (AvgIpc) is 2.91. The molecule has 1 N–H and O–H groups in total. The van der Waals surface area contributed by atoms with E-state index in [2.05, 4.69) is 10.8 Å². The summed E-state index contributed by atoms with van der Waals surface area (Å²) in [5.74, 6) is 3.64. The first-order valence-electron chi connectivity index (χ1n) is 13.8. The van der Waals surface area contributed by atoms with E-state index in [0.29, 0.717) is 71.3 Å². The molecule has 1 aromatic carbocycles. The first-order chi connectivity index (χ1) is 18.6. The second kappa shape index (κ2) is 17.3. The van der Waals surface area contributed by atoms with Crippen molar-refractivity contribution >= 4 is 5.91 Å². The minimum absolute atomic E-state index is 0.188. The second-order valence-corrected chi connectivity index (χ2v) is 9.98. The monoisotopic (exact) mass is 532 g/mol. The largest absolute Gasteiger partial charge is 0.508 e. The summed E-state index contributed by atoms with van der Waals surface area (Å²) in [6.45, 7) is 9.45. The van der Waals surface area contributed by atoms with Gasteiger partial charge in [0.25, 0.3) is 0 Å². The molecular formula is C29H44N2O7. The van der Waals surface area contributed by atoms with Crippen molar-refractivity contribution < 1.29 is 33.6 Å². The molecule has 0 bridgehead atoms. The Kier molecular flexibility index (Phi) is 13.7. The highest BCUT2D eigenvalue weighted by Crippen LogP contribution is 2.40. The molecule has 0 atom stereocenters. The number of phenols is 1. The number of carbonyl (C=O) groups is 1. The van der Waals surface area contributed by atoms with E-state index < -0.39 is 0 Å². The molecule has 3 rings (SSSR count). The van der Waals surface area contributed by atoms with Crippen LogP contribution in [0.3, 0.4) is 0 Å². The van der Waals surface area contributed by atoms with Crippen LogP contribution < -0.4 is 4.74 Å². The summed E-state index contributed by atoms with van der Waals surface area (Å²) in [5.41, 5.74) is 0.318. The first kappa shape index (κ1) is 30.2. The van der Waals surface area contributed by atoms with Crippen molar-refractivity contribution in [3.8, 4) is 23.8 Å². The molecule has 1 amide bonds. The van der Waals surface area contributed by atoms with Gasteiger partial charge in [-0.15, -0.1) is 6.42 Å². The van der Waals surface area contributed by atoms with Crippen LogP contribution in [0, 0.1) is 17.8 Å². The molecule has 0 radical (unpaired) electrons. The number of unbranched alkanes of at least 4 members (excludes halogenated alkanes) is 1. The highest BCUT2D eigenvalue weighted by Gasteiger charge is 2.46. The smallest absolute Gasteiger partial charge is 0.224 e. The van der Waals surface area contributed by atoms with Crippen molar-refractivity contribution in [2.45, 2.75) is 32.1 Å². The van der Waals surface area contributed by atoms with E-state index in [1.54, 1.807) is 24.3 Å². The zero-order valence-corrected chi connectivity index (χ0v) is 22.6. The molecule has 0 unspecified atom stereocenters. The fraction of sp³-hybridized carbons (Fsp3) is 0.690. The maximum absolute atomic E-state index is 12.5. The maximum Gasteiger partial charge on any atom is 0.224 e. The van der Waals surface area contributed by atoms with Gasteiger partial charge < -0.3 is 38.6 Å². The van der Waals surface area contributed by atoms with Gasteiger partial charge in [-0.3, -0.25) is 4.79 Å². The van der Waals surface area contributed by atoms with E-state index in [9.17, 15) is 9.90 Å². The van der Waals surface area contributed by atoms with Gasteiger partial charge in [0.1, 0.15) is 18.1 Å². The highest BCUT2D eigenvalue weighted by atomic mass is 16.6. The van der Waals surface area contributed by atoms with Gasteiger partial charge in [-0.05, 0) is 69.6 Å². The summed E-state index contributed by atoms with van der Waals surface area (Å²) >= 11 is 0. The summed E-state index contributed by atoms with van der Waals surface area (Å²) < 4.78 is 27.2. The van der Waals surface area contributed by atoms with Crippen molar-refractivity contribution in [1.82, 2.24) is 9.80 Å². The van der Waals surface area contributed by atoms with Crippen LogP contribution in [-0.4, -0.2) is 113 Å². The molecule has 38 heavy (non-hydrogen) atoms. The lowest BCUT2D eigenvalue weighted by molar-refractivity contribution is -0.148. The SMILES string of the molecule is C#CCOCCOCCOCCOCCC(=O)N1CC2(CCN(CCCCOc3ccc(O)cc3)CC2)C1. The molecule has 2 aliphatic heterocycles. The molecule has 0 aliphatic carbocycles. The molecular weight excluding hydrogens is 488 g/mol. The minimum atomic E-state index is 0.188. The Morgan fingerprint density at radius 2 is 1.47 bits per heavy atom. The lowest BCUT2D eigenvalue weighted by Crippen LogP contribution is -2.62. The van der Waals surface area contributed by atoms with Crippen molar-refractivity contribution in [3.63, 3.8) is 0 Å². The molecule has 1 aromatic rings. The molecule has 9 heteroatoms. The van der Waals surface area contributed by atoms with Crippen LogP contribution in [0.2, 0.25) is 0 Å². The molecule has 2 saturated heterocycles. The molecule has 9 nitrogen and oxygen atoms in total. The first-order valence-corrected chi connectivity index (χ1v) is 13.8. The van der Waals surface area contributed by atoms with Gasteiger partial charge in [0.15, 0.2) is 0 Å². The van der Waals surface area contributed by atoms with Gasteiger partial charge in [-0.1, -0.05) is 5.92 Å². The number of ether oxygens (including phenoxy) is 5. The van der Waals surface area contributed by atoms with Crippen molar-refractivity contribution in [2.24, 2.45) is 5.41 Å². The fourth-order valence-corrected chi connectivity index (χ4v) is 4.79. The Bertz CT molecular complexity index is 826. The number of piperidine rings is 1. The number of aromatic hydroxyl groups is 1. The maximum atomic E-state index is 12.5. The number of carbonyl (C=O) groups excluding carboxylic acids is 1. The van der Waals surface area contributed by atoms with Gasteiger partial charge in [-0.2, -0.15) is 0 Å². The van der Waals surface area contributed by atoms with Gasteiger partial charge in [0.05, 0.1) is 59.3 Å². The molecule has 0 saturated carbocycles. The topological polar surface area (TPSA) is 89.9 Å². The third kappa shape index (κ3) is 11.2. The average molecular weight is 533 g/mol. The minimum Gasteiger partial charge on any atom is -0.508 e. The van der Waals surface area contributed by atoms with E-state index in [1.165, 1.54) is 0 Å². The summed E-state index contributed by atoms with van der Waals surface area (Å²) in [6, 6.07) is 6.86. The van der Waals surface area contributed by atoms with Gasteiger partial charge in [0, 0.05) is 18.5 Å². The Morgan fingerprint density at radius 3 is 2.11 bits per heavy atom. The normalized spacial score (nSPS) is 16.8. The van der Waals surface area contributed by atoms with E-state index in [0.717, 1.165) is 64.2 Å². The van der Waals surface area contributed by atoms with Gasteiger partial charge in [-0.25, -0.2) is 0 Å². The number of nitrogens with zero attached hydrogens (tertiary/aromatic N) is 2. The lowest BCUT2D eigenvalue weighted by Gasteiger charge is -2.54. The molecule has 2 fully saturated rings. The molecule has 2 aliphatic rings. The third-order valence-electron chi connectivity index (χ3n) is 7.06. The van der Waals surface area contributed by atoms with Crippen LogP contribution in [0.25, 0.3) is 0 Å². The number of likely N-dealkylation sites (tertiary alicyclic amines) is 2. The highest BCUT2D eigenvalue weighted by molar-refractivity contribution is 5.77. The summed E-state index contributed by atoms with van der Waals surface area (Å²) in [5, 5.41) is 9.32. The molecule has 0 aromatic heterocycles. The predicted octanol–water partition coefficient (Wildman–Crippen LogP) is 2.57. The van der Waals surface area contributed by atoms with Crippen molar-refractivity contribution in [1.29, 1.82) is 0 Å². The number of benzene rings is 1. The molecule has 1 spiro atoms. The Balaban J connectivity index is 1.11. The predicted molar refractivity (Wildman–Crippen MR) is 144 cm³/mol. The van der Waals surface area contributed by atoms with Crippen LogP contribution in [0.5, 0.6) is 11.5 Å². The second-order valence-electron chi connectivity index (χ2n) is 9.98. The lowest BCUT2D eigenvalue weighted by atomic mass is 9.72. The van der Waals surface area contributed by atoms with Crippen molar-refractivity contribution in [2.75, 3.05) is 92.2 Å². The van der Waals surface area contributed by atoms with Crippen LogP contribution in [0.15, 0.2) is 24.3 Å². The Morgan fingerprint density at radius 1 is 0.868 bits per heavy atom. The number of hydrogen-bond donors (Lipinski definition) is 1. The number of amides is 1. The van der Waals surface area contributed by atoms with Crippen LogP contribution >= 0.6 is 0 Å². The fourth-order valence-electron chi connectivity index (χ4n) is 4.79. The van der Waals surface area contributed by atoms with Gasteiger partial charge >= 0.3 is 0 Å². The van der Waals surface area contributed by atoms with E-state index in [1.807, 2.05) is 4.90 Å². The standard InChI is InChI=1S/C29H44N2O7/c1-2-15-34-18-20-36-22-23-37-21-19-35-17-9-28(33)31-24-29(25-31)10-13-30(14-11-29)12-3-4-16-38-27-7-5-26(32)6-8-27/h1,5-8,32H,3-4,9-25H2. The molecule has 2 heterocycles. The van der Waals surface area contributed by atoms with E-state index >= 15 is 0 Å². The van der Waals surface area contributed by atoms with Crippen LogP contribution in [0.1, 0.15) is 32.1 Å². The summed E-state index contributed by atoms with van der Waals surface area (Å²) in [6.07, 6.45) is 9.96. The molecule has 212 valence electrons. The van der Waals surface area contributed by atoms with Crippen LogP contribution in [-0.2, 0) is 23.7 Å². The summed E-state index contributed by atoms with van der Waals surface area (Å²) in [4.78, 5) is 17.0. The Hall–Kier alpha value is -2.35.